The number of hydrogen-bond donors (Lipinski definition) is 1. The lowest BCUT2D eigenvalue weighted by Crippen LogP contribution is -2.58. The van der Waals surface area contributed by atoms with Gasteiger partial charge in [-0.3, -0.25) is 10.1 Å². The SMILES string of the molecule is O=C1NC(=O)N(C2CCCCC2)CC1I. The maximum atomic E-state index is 11.6. The topological polar surface area (TPSA) is 49.4 Å². The third-order valence-electron chi connectivity index (χ3n) is 3.15. The van der Waals surface area contributed by atoms with E-state index in [1.807, 2.05) is 4.90 Å². The quantitative estimate of drug-likeness (QED) is 0.590. The van der Waals surface area contributed by atoms with Crippen LogP contribution in [0.1, 0.15) is 32.1 Å². The number of hydrogen-bond acceptors (Lipinski definition) is 2. The van der Waals surface area contributed by atoms with Crippen LogP contribution in [0.15, 0.2) is 0 Å². The van der Waals surface area contributed by atoms with E-state index in [0.717, 1.165) is 12.8 Å². The fourth-order valence-corrected chi connectivity index (χ4v) is 2.88. The number of imide groups is 1. The third kappa shape index (κ3) is 2.43. The fourth-order valence-electron chi connectivity index (χ4n) is 2.30. The highest BCUT2D eigenvalue weighted by molar-refractivity contribution is 14.1. The molecule has 0 aromatic carbocycles. The number of amides is 3. The summed E-state index contributed by atoms with van der Waals surface area (Å²) in [5.41, 5.74) is 0. The van der Waals surface area contributed by atoms with Gasteiger partial charge in [0.2, 0.25) is 5.91 Å². The number of alkyl halides is 1. The second-order valence-electron chi connectivity index (χ2n) is 4.21. The summed E-state index contributed by atoms with van der Waals surface area (Å²) in [6, 6.07) is 0.156. The second-order valence-corrected chi connectivity index (χ2v) is 5.71. The van der Waals surface area contributed by atoms with E-state index in [-0.39, 0.29) is 15.9 Å². The van der Waals surface area contributed by atoms with Gasteiger partial charge in [-0.15, -0.1) is 0 Å². The van der Waals surface area contributed by atoms with Crippen molar-refractivity contribution < 1.29 is 9.59 Å². The van der Waals surface area contributed by atoms with Crippen molar-refractivity contribution in [2.24, 2.45) is 0 Å². The first-order valence-corrected chi connectivity index (χ1v) is 6.68. The first-order valence-electron chi connectivity index (χ1n) is 5.44. The molecule has 1 unspecified atom stereocenters. The molecular formula is C10H15IN2O2. The molecule has 2 fully saturated rings. The van der Waals surface area contributed by atoms with E-state index in [2.05, 4.69) is 27.9 Å². The van der Waals surface area contributed by atoms with Crippen molar-refractivity contribution >= 4 is 34.5 Å². The molecule has 1 aliphatic carbocycles. The zero-order valence-electron chi connectivity index (χ0n) is 8.54. The Hall–Kier alpha value is -0.330. The molecule has 84 valence electrons. The van der Waals surface area contributed by atoms with Gasteiger partial charge in [0.15, 0.2) is 0 Å². The molecule has 0 spiro atoms. The molecule has 0 radical (unpaired) electrons. The zero-order valence-corrected chi connectivity index (χ0v) is 10.7. The van der Waals surface area contributed by atoms with Crippen LogP contribution in [0.3, 0.4) is 0 Å². The minimum atomic E-state index is -0.195. The molecule has 15 heavy (non-hydrogen) atoms. The van der Waals surface area contributed by atoms with Crippen molar-refractivity contribution in [2.45, 2.75) is 42.1 Å². The molecule has 2 rings (SSSR count). The first kappa shape index (κ1) is 11.2. The van der Waals surface area contributed by atoms with Gasteiger partial charge in [0, 0.05) is 12.6 Å². The zero-order chi connectivity index (χ0) is 10.8. The fraction of sp³-hybridized carbons (Fsp3) is 0.800. The van der Waals surface area contributed by atoms with Gasteiger partial charge in [0.05, 0.1) is 0 Å². The van der Waals surface area contributed by atoms with Crippen molar-refractivity contribution in [2.75, 3.05) is 6.54 Å². The van der Waals surface area contributed by atoms with Crippen LogP contribution in [0, 0.1) is 0 Å². The molecule has 4 nitrogen and oxygen atoms in total. The largest absolute Gasteiger partial charge is 0.324 e. The van der Waals surface area contributed by atoms with Crippen LogP contribution in [0.2, 0.25) is 0 Å². The van der Waals surface area contributed by atoms with Crippen LogP contribution in [-0.2, 0) is 4.79 Å². The normalized spacial score (nSPS) is 29.1. The molecule has 5 heteroatoms. The standard InChI is InChI=1S/C10H15IN2O2/c11-8-6-13(10(15)12-9(8)14)7-4-2-1-3-5-7/h7-8H,1-6H2,(H,12,14,15). The van der Waals surface area contributed by atoms with Crippen molar-refractivity contribution in [1.82, 2.24) is 10.2 Å². The molecular weight excluding hydrogens is 307 g/mol. The molecule has 0 bridgehead atoms. The molecule has 3 amide bonds. The molecule has 2 aliphatic rings. The maximum Gasteiger partial charge on any atom is 0.324 e. The van der Waals surface area contributed by atoms with Gasteiger partial charge in [0.1, 0.15) is 3.92 Å². The summed E-state index contributed by atoms with van der Waals surface area (Å²) in [4.78, 5) is 24.8. The Balaban J connectivity index is 2.01. The Kier molecular flexibility index (Phi) is 3.48. The summed E-state index contributed by atoms with van der Waals surface area (Å²) < 4.78 is -0.0952. The molecule has 1 saturated heterocycles. The van der Waals surface area contributed by atoms with E-state index in [1.54, 1.807) is 0 Å². The number of nitrogens with one attached hydrogen (secondary N) is 1. The smallest absolute Gasteiger partial charge is 0.320 e. The maximum absolute atomic E-state index is 11.6. The number of carbonyl (C=O) groups is 2. The van der Waals surface area contributed by atoms with Crippen LogP contribution >= 0.6 is 22.6 Å². The van der Waals surface area contributed by atoms with Gasteiger partial charge < -0.3 is 4.90 Å². The summed E-state index contributed by atoms with van der Waals surface area (Å²) in [5, 5.41) is 2.42. The number of nitrogens with zero attached hydrogens (tertiary/aromatic N) is 1. The van der Waals surface area contributed by atoms with Crippen LogP contribution < -0.4 is 5.32 Å². The average molecular weight is 322 g/mol. The summed E-state index contributed by atoms with van der Waals surface area (Å²) in [6.45, 7) is 0.579. The lowest BCUT2D eigenvalue weighted by atomic mass is 9.94. The van der Waals surface area contributed by atoms with Gasteiger partial charge in [0.25, 0.3) is 0 Å². The predicted octanol–water partition coefficient (Wildman–Crippen LogP) is 1.67. The van der Waals surface area contributed by atoms with Gasteiger partial charge in [-0.05, 0) is 12.8 Å². The van der Waals surface area contributed by atoms with E-state index in [9.17, 15) is 9.59 Å². The van der Waals surface area contributed by atoms with E-state index in [0.29, 0.717) is 12.6 Å². The number of halogens is 1. The Morgan fingerprint density at radius 1 is 1.20 bits per heavy atom. The monoisotopic (exact) mass is 322 g/mol. The lowest BCUT2D eigenvalue weighted by molar-refractivity contribution is -0.120. The van der Waals surface area contributed by atoms with E-state index < -0.39 is 0 Å². The highest BCUT2D eigenvalue weighted by Gasteiger charge is 2.34. The number of urea groups is 1. The van der Waals surface area contributed by atoms with Crippen LogP contribution in [0.4, 0.5) is 4.79 Å². The Labute approximate surface area is 103 Å². The van der Waals surface area contributed by atoms with Crippen LogP contribution in [-0.4, -0.2) is 33.3 Å². The molecule has 0 aromatic rings. The number of rotatable bonds is 1. The molecule has 1 saturated carbocycles. The minimum Gasteiger partial charge on any atom is -0.320 e. The van der Waals surface area contributed by atoms with Crippen molar-refractivity contribution in [3.05, 3.63) is 0 Å². The highest BCUT2D eigenvalue weighted by Crippen LogP contribution is 2.25. The van der Waals surface area contributed by atoms with Gasteiger partial charge >= 0.3 is 6.03 Å². The Bertz CT molecular complexity index is 277. The summed E-state index contributed by atoms with van der Waals surface area (Å²) in [7, 11) is 0. The van der Waals surface area contributed by atoms with Gasteiger partial charge in [-0.1, -0.05) is 41.9 Å². The molecule has 1 aliphatic heterocycles. The average Bonchev–Trinajstić information content (AvgIpc) is 2.25. The van der Waals surface area contributed by atoms with Crippen molar-refractivity contribution in [3.8, 4) is 0 Å². The second kappa shape index (κ2) is 4.67. The Morgan fingerprint density at radius 3 is 2.53 bits per heavy atom. The Morgan fingerprint density at radius 2 is 1.87 bits per heavy atom. The third-order valence-corrected chi connectivity index (χ3v) is 4.11. The summed E-state index contributed by atoms with van der Waals surface area (Å²) >= 11 is 2.10. The highest BCUT2D eigenvalue weighted by atomic mass is 127. The lowest BCUT2D eigenvalue weighted by Gasteiger charge is -2.37. The van der Waals surface area contributed by atoms with Crippen LogP contribution in [0.5, 0.6) is 0 Å². The first-order chi connectivity index (χ1) is 7.18. The molecule has 1 N–H and O–H groups in total. The van der Waals surface area contributed by atoms with E-state index in [1.165, 1.54) is 19.3 Å². The van der Waals surface area contributed by atoms with Crippen molar-refractivity contribution in [3.63, 3.8) is 0 Å². The molecule has 1 heterocycles. The van der Waals surface area contributed by atoms with E-state index >= 15 is 0 Å². The van der Waals surface area contributed by atoms with Crippen molar-refractivity contribution in [1.29, 1.82) is 0 Å². The van der Waals surface area contributed by atoms with Crippen LogP contribution in [0.25, 0.3) is 0 Å². The molecule has 1 atom stereocenters. The molecule has 0 aromatic heterocycles. The van der Waals surface area contributed by atoms with Gasteiger partial charge in [-0.2, -0.15) is 0 Å². The van der Waals surface area contributed by atoms with Gasteiger partial charge in [-0.25, -0.2) is 4.79 Å². The predicted molar refractivity (Wildman–Crippen MR) is 64.9 cm³/mol. The summed E-state index contributed by atoms with van der Waals surface area (Å²) in [6.07, 6.45) is 5.86. The summed E-state index contributed by atoms with van der Waals surface area (Å²) in [5.74, 6) is -0.146. The number of carbonyl (C=O) groups excluding carboxylic acids is 2. The minimum absolute atomic E-state index is 0.0952. The van der Waals surface area contributed by atoms with E-state index in [4.69, 9.17) is 0 Å².